The van der Waals surface area contributed by atoms with Crippen LogP contribution in [0.5, 0.6) is 0 Å². The van der Waals surface area contributed by atoms with Crippen LogP contribution < -0.4 is 10.0 Å². The lowest BCUT2D eigenvalue weighted by atomic mass is 10.3. The summed E-state index contributed by atoms with van der Waals surface area (Å²) < 4.78 is 27.7. The largest absolute Gasteiger partial charge is 0.320 e. The van der Waals surface area contributed by atoms with Gasteiger partial charge in [0.1, 0.15) is 0 Å². The van der Waals surface area contributed by atoms with E-state index in [4.69, 9.17) is 0 Å². The summed E-state index contributed by atoms with van der Waals surface area (Å²) >= 11 is 0. The number of aryl methyl sites for hydroxylation is 2. The van der Waals surface area contributed by atoms with Gasteiger partial charge in [-0.3, -0.25) is 4.68 Å². The third kappa shape index (κ3) is 5.16. The predicted molar refractivity (Wildman–Crippen MR) is 71.7 cm³/mol. The second-order valence-corrected chi connectivity index (χ2v) is 6.29. The molecular weight excluding hydrogens is 252 g/mol. The van der Waals surface area contributed by atoms with E-state index in [2.05, 4.69) is 15.1 Å². The van der Waals surface area contributed by atoms with Crippen LogP contribution in [0.3, 0.4) is 0 Å². The van der Waals surface area contributed by atoms with E-state index >= 15 is 0 Å². The molecular formula is C11H22N4O2S. The molecule has 0 amide bonds. The van der Waals surface area contributed by atoms with Gasteiger partial charge in [0.2, 0.25) is 10.0 Å². The Bertz CT molecular complexity index is 467. The molecule has 0 fully saturated rings. The zero-order valence-corrected chi connectivity index (χ0v) is 12.0. The molecule has 1 heterocycles. The van der Waals surface area contributed by atoms with Crippen LogP contribution in [0, 0.1) is 6.92 Å². The molecule has 0 aromatic carbocycles. The number of nitrogens with zero attached hydrogens (tertiary/aromatic N) is 2. The molecule has 0 saturated carbocycles. The zero-order valence-electron chi connectivity index (χ0n) is 11.2. The third-order valence-electron chi connectivity index (χ3n) is 2.69. The molecule has 0 aliphatic carbocycles. The van der Waals surface area contributed by atoms with E-state index < -0.39 is 10.0 Å². The van der Waals surface area contributed by atoms with Gasteiger partial charge in [0, 0.05) is 25.4 Å². The maximum Gasteiger partial charge on any atom is 0.211 e. The van der Waals surface area contributed by atoms with Gasteiger partial charge in [-0.2, -0.15) is 5.10 Å². The Morgan fingerprint density at radius 1 is 1.39 bits per heavy atom. The number of nitrogens with one attached hydrogen (secondary N) is 2. The molecule has 0 unspecified atom stereocenters. The lowest BCUT2D eigenvalue weighted by molar-refractivity contribution is 0.575. The first-order valence-electron chi connectivity index (χ1n) is 6.05. The summed E-state index contributed by atoms with van der Waals surface area (Å²) in [6.45, 7) is 3.03. The molecule has 18 heavy (non-hydrogen) atoms. The van der Waals surface area contributed by atoms with E-state index in [-0.39, 0.29) is 5.75 Å². The number of rotatable bonds is 8. The molecule has 1 aromatic rings. The summed E-state index contributed by atoms with van der Waals surface area (Å²) in [5, 5.41) is 7.17. The van der Waals surface area contributed by atoms with E-state index in [1.54, 1.807) is 4.68 Å². The van der Waals surface area contributed by atoms with Crippen molar-refractivity contribution < 1.29 is 8.42 Å². The Morgan fingerprint density at radius 3 is 2.67 bits per heavy atom. The Labute approximate surface area is 109 Å². The first-order chi connectivity index (χ1) is 8.44. The SMILES string of the molecule is CNCCCCS(=O)(=O)NCc1cn(C)nc1C. The zero-order chi connectivity index (χ0) is 13.6. The van der Waals surface area contributed by atoms with Crippen molar-refractivity contribution in [3.8, 4) is 0 Å². The minimum Gasteiger partial charge on any atom is -0.320 e. The highest BCUT2D eigenvalue weighted by Crippen LogP contribution is 2.05. The van der Waals surface area contributed by atoms with Crippen LogP contribution in [0.4, 0.5) is 0 Å². The molecule has 0 saturated heterocycles. The monoisotopic (exact) mass is 274 g/mol. The summed E-state index contributed by atoms with van der Waals surface area (Å²) in [5.41, 5.74) is 1.77. The quantitative estimate of drug-likeness (QED) is 0.662. The fraction of sp³-hybridized carbons (Fsp3) is 0.727. The lowest BCUT2D eigenvalue weighted by Crippen LogP contribution is -2.26. The van der Waals surface area contributed by atoms with Crippen LogP contribution in [-0.2, 0) is 23.6 Å². The molecule has 7 heteroatoms. The van der Waals surface area contributed by atoms with Crippen molar-refractivity contribution in [1.82, 2.24) is 19.8 Å². The second kappa shape index (κ2) is 6.86. The van der Waals surface area contributed by atoms with Gasteiger partial charge in [0.05, 0.1) is 11.4 Å². The molecule has 0 atom stereocenters. The number of hydrogen-bond acceptors (Lipinski definition) is 4. The van der Waals surface area contributed by atoms with Crippen molar-refractivity contribution in [2.45, 2.75) is 26.3 Å². The molecule has 0 aliphatic rings. The van der Waals surface area contributed by atoms with Crippen LogP contribution in [0.2, 0.25) is 0 Å². The highest BCUT2D eigenvalue weighted by atomic mass is 32.2. The minimum absolute atomic E-state index is 0.175. The van der Waals surface area contributed by atoms with Crippen molar-refractivity contribution in [1.29, 1.82) is 0 Å². The number of aromatic nitrogens is 2. The summed E-state index contributed by atoms with van der Waals surface area (Å²) in [6, 6.07) is 0. The molecule has 0 bridgehead atoms. The van der Waals surface area contributed by atoms with Gasteiger partial charge < -0.3 is 5.32 Å². The van der Waals surface area contributed by atoms with E-state index in [9.17, 15) is 8.42 Å². The van der Waals surface area contributed by atoms with Crippen LogP contribution in [-0.4, -0.2) is 37.5 Å². The predicted octanol–water partition coefficient (Wildman–Crippen LogP) is 0.148. The van der Waals surface area contributed by atoms with Crippen molar-refractivity contribution in [2.75, 3.05) is 19.3 Å². The molecule has 1 aromatic heterocycles. The minimum atomic E-state index is -3.18. The molecule has 6 nitrogen and oxygen atoms in total. The van der Waals surface area contributed by atoms with Crippen LogP contribution in [0.25, 0.3) is 0 Å². The highest BCUT2D eigenvalue weighted by molar-refractivity contribution is 7.89. The summed E-state index contributed by atoms with van der Waals surface area (Å²) in [4.78, 5) is 0. The Morgan fingerprint density at radius 2 is 2.11 bits per heavy atom. The van der Waals surface area contributed by atoms with Gasteiger partial charge in [-0.05, 0) is 33.4 Å². The van der Waals surface area contributed by atoms with Gasteiger partial charge >= 0.3 is 0 Å². The number of sulfonamides is 1. The van der Waals surface area contributed by atoms with Gasteiger partial charge in [-0.25, -0.2) is 13.1 Å². The van der Waals surface area contributed by atoms with Crippen LogP contribution in [0.15, 0.2) is 6.20 Å². The second-order valence-electron chi connectivity index (χ2n) is 4.36. The standard InChI is InChI=1S/C11H22N4O2S/c1-10-11(9-15(3)14-10)8-13-18(16,17)7-5-4-6-12-2/h9,12-13H,4-8H2,1-3H3. The average molecular weight is 274 g/mol. The normalized spacial score (nSPS) is 11.9. The number of unbranched alkanes of at least 4 members (excludes halogenated alkanes) is 1. The van der Waals surface area contributed by atoms with Gasteiger partial charge in [-0.15, -0.1) is 0 Å². The Hall–Kier alpha value is -0.920. The van der Waals surface area contributed by atoms with Crippen LogP contribution in [0.1, 0.15) is 24.1 Å². The summed E-state index contributed by atoms with van der Waals surface area (Å²) in [5.74, 6) is 0.175. The molecule has 104 valence electrons. The maximum absolute atomic E-state index is 11.7. The van der Waals surface area contributed by atoms with E-state index in [1.807, 2.05) is 27.2 Å². The van der Waals surface area contributed by atoms with Gasteiger partial charge in [-0.1, -0.05) is 0 Å². The lowest BCUT2D eigenvalue weighted by Gasteiger charge is -2.06. The van der Waals surface area contributed by atoms with Crippen molar-refractivity contribution >= 4 is 10.0 Å². The third-order valence-corrected chi connectivity index (χ3v) is 4.10. The van der Waals surface area contributed by atoms with Gasteiger partial charge in [0.25, 0.3) is 0 Å². The van der Waals surface area contributed by atoms with Crippen LogP contribution >= 0.6 is 0 Å². The first kappa shape index (κ1) is 15.1. The molecule has 0 spiro atoms. The van der Waals surface area contributed by atoms with Crippen molar-refractivity contribution in [2.24, 2.45) is 7.05 Å². The topological polar surface area (TPSA) is 76.0 Å². The molecule has 0 radical (unpaired) electrons. The smallest absolute Gasteiger partial charge is 0.211 e. The summed E-state index contributed by atoms with van der Waals surface area (Å²) in [7, 11) is 0.499. The Balaban J connectivity index is 2.39. The van der Waals surface area contributed by atoms with E-state index in [0.29, 0.717) is 13.0 Å². The molecule has 1 rings (SSSR count). The Kier molecular flexibility index (Phi) is 5.77. The maximum atomic E-state index is 11.7. The first-order valence-corrected chi connectivity index (χ1v) is 7.71. The fourth-order valence-corrected chi connectivity index (χ4v) is 2.78. The fourth-order valence-electron chi connectivity index (χ4n) is 1.68. The van der Waals surface area contributed by atoms with Gasteiger partial charge in [0.15, 0.2) is 0 Å². The van der Waals surface area contributed by atoms with Crippen molar-refractivity contribution in [3.05, 3.63) is 17.5 Å². The molecule has 0 aliphatic heterocycles. The average Bonchev–Trinajstić information content (AvgIpc) is 2.61. The van der Waals surface area contributed by atoms with E-state index in [1.165, 1.54) is 0 Å². The highest BCUT2D eigenvalue weighted by Gasteiger charge is 2.11. The van der Waals surface area contributed by atoms with Crippen molar-refractivity contribution in [3.63, 3.8) is 0 Å². The molecule has 2 N–H and O–H groups in total. The summed E-state index contributed by atoms with van der Waals surface area (Å²) in [6.07, 6.45) is 3.37. The van der Waals surface area contributed by atoms with E-state index in [0.717, 1.165) is 24.2 Å². The number of hydrogen-bond donors (Lipinski definition) is 2.